The molecule has 2 atom stereocenters. The number of aromatic nitrogens is 1. The van der Waals surface area contributed by atoms with Crippen LogP contribution in [0.4, 0.5) is 9.93 Å². The van der Waals surface area contributed by atoms with Gasteiger partial charge in [0.25, 0.3) is 11.8 Å². The minimum atomic E-state index is -1.69. The van der Waals surface area contributed by atoms with Crippen molar-refractivity contribution in [3.8, 4) is 0 Å². The van der Waals surface area contributed by atoms with Crippen LogP contribution in [0.3, 0.4) is 0 Å². The highest BCUT2D eigenvalue weighted by Crippen LogP contribution is 2.42. The van der Waals surface area contributed by atoms with Crippen molar-refractivity contribution in [3.05, 3.63) is 93.1 Å². The van der Waals surface area contributed by atoms with Crippen LogP contribution in [0.25, 0.3) is 0 Å². The number of nitrogens with zero attached hydrogens (tertiary/aromatic N) is 3. The van der Waals surface area contributed by atoms with E-state index in [-0.39, 0.29) is 20.9 Å². The number of rotatable bonds is 12. The molecule has 5 rings (SSSR count). The van der Waals surface area contributed by atoms with Crippen LogP contribution in [0, 0.1) is 0 Å². The van der Waals surface area contributed by atoms with Crippen molar-refractivity contribution in [3.63, 3.8) is 0 Å². The first-order chi connectivity index (χ1) is 26.7. The third kappa shape index (κ3) is 10.9. The quantitative estimate of drug-likeness (QED) is 0.0352. The number of anilines is 1. The van der Waals surface area contributed by atoms with E-state index in [4.69, 9.17) is 30.6 Å². The highest BCUT2D eigenvalue weighted by molar-refractivity contribution is 14.1. The highest BCUT2D eigenvalue weighted by Gasteiger charge is 2.55. The SMILES string of the molecule is CC(C)(C)OC(=O)Nc1nc(/C(=N/OC(C)(C)C(=O)OC(C)(C)C)C(=O)NC2C(=O)N3C(C(=O)OC(c4ccccc4)c4ccccc4)=C(CI)CSC23)c(Cl)s1. The summed E-state index contributed by atoms with van der Waals surface area (Å²) < 4.78 is 17.3. The predicted octanol–water partition coefficient (Wildman–Crippen LogP) is 7.41. The van der Waals surface area contributed by atoms with Gasteiger partial charge in [0.2, 0.25) is 5.60 Å². The maximum atomic E-state index is 14.1. The molecule has 1 aromatic heterocycles. The summed E-state index contributed by atoms with van der Waals surface area (Å²) in [5.41, 5.74) is -1.70. The van der Waals surface area contributed by atoms with E-state index in [1.165, 1.54) is 30.5 Å². The summed E-state index contributed by atoms with van der Waals surface area (Å²) in [6.07, 6.45) is -1.56. The number of ether oxygens (including phenoxy) is 3. The number of nitrogens with one attached hydrogen (secondary N) is 2. The summed E-state index contributed by atoms with van der Waals surface area (Å²) in [5.74, 6) is -2.54. The van der Waals surface area contributed by atoms with Crippen molar-refractivity contribution in [2.45, 2.75) is 89.7 Å². The Hall–Kier alpha value is -4.20. The van der Waals surface area contributed by atoms with Gasteiger partial charge in [-0.15, -0.1) is 11.8 Å². The predicted molar refractivity (Wildman–Crippen MR) is 226 cm³/mol. The second-order valence-electron chi connectivity index (χ2n) is 15.4. The van der Waals surface area contributed by atoms with E-state index < -0.39 is 69.9 Å². The number of β-lactam (4-membered cyclic amide) rings is 1. The number of carbonyl (C=O) groups is 5. The molecular formula is C39H43ClIN5O9S2. The maximum absolute atomic E-state index is 14.1. The molecule has 1 saturated heterocycles. The number of benzene rings is 2. The average molecular weight is 952 g/mol. The first kappa shape index (κ1) is 43.9. The van der Waals surface area contributed by atoms with Gasteiger partial charge in [0.05, 0.1) is 0 Å². The smallest absolute Gasteiger partial charge is 0.413 e. The van der Waals surface area contributed by atoms with E-state index in [2.05, 4.69) is 43.4 Å². The number of thioether (sulfide) groups is 1. The summed E-state index contributed by atoms with van der Waals surface area (Å²) in [4.78, 5) is 78.9. The third-order valence-corrected chi connectivity index (χ3v) is 11.4. The number of halogens is 2. The molecule has 2 N–H and O–H groups in total. The van der Waals surface area contributed by atoms with E-state index in [0.29, 0.717) is 15.8 Å². The van der Waals surface area contributed by atoms with Crippen molar-refractivity contribution in [2.24, 2.45) is 5.16 Å². The number of carbonyl (C=O) groups excluding carboxylic acids is 5. The number of hydrogen-bond acceptors (Lipinski definition) is 13. The first-order valence-corrected chi connectivity index (χ1v) is 21.5. The van der Waals surface area contributed by atoms with E-state index in [9.17, 15) is 24.0 Å². The van der Waals surface area contributed by atoms with Gasteiger partial charge in [-0.25, -0.2) is 19.4 Å². The van der Waals surface area contributed by atoms with Gasteiger partial charge in [0.1, 0.15) is 38.3 Å². The Bertz CT molecular complexity index is 2040. The Morgan fingerprint density at radius 2 is 1.53 bits per heavy atom. The number of amides is 3. The van der Waals surface area contributed by atoms with Crippen molar-refractivity contribution in [2.75, 3.05) is 15.5 Å². The number of esters is 2. The fourth-order valence-corrected chi connectivity index (χ4v) is 8.79. The molecule has 0 saturated carbocycles. The zero-order chi connectivity index (χ0) is 41.9. The molecule has 2 unspecified atom stereocenters. The van der Waals surface area contributed by atoms with Crippen molar-refractivity contribution in [1.82, 2.24) is 15.2 Å². The second kappa shape index (κ2) is 17.7. The highest BCUT2D eigenvalue weighted by atomic mass is 127. The van der Waals surface area contributed by atoms with Gasteiger partial charge in [-0.2, -0.15) is 0 Å². The zero-order valence-electron chi connectivity index (χ0n) is 32.5. The van der Waals surface area contributed by atoms with E-state index in [1.54, 1.807) is 41.5 Å². The lowest BCUT2D eigenvalue weighted by Gasteiger charge is -2.49. The van der Waals surface area contributed by atoms with E-state index in [1.807, 2.05) is 60.7 Å². The lowest BCUT2D eigenvalue weighted by atomic mass is 10.0. The standard InChI is InChI=1S/C39H43ClIN5O9S2/c1-37(2,3)53-34(50)39(7,8)55-45-25(24-29(40)57-35(43-24)44-36(51)54-38(4,5)6)30(47)42-26-31(48)46-27(23(19-41)20-56-32(26)46)33(49)52-28(21-15-11-9-12-16-21)22-17-13-10-14-18-22/h9-18,26,28,32H,19-20H2,1-8H3,(H,42,47)(H,43,44,51)/b45-25-. The Kier molecular flexibility index (Phi) is 13.7. The number of fused-ring (bicyclic) bond motifs is 1. The molecule has 2 aliphatic heterocycles. The molecule has 2 aliphatic rings. The topological polar surface area (TPSA) is 175 Å². The van der Waals surface area contributed by atoms with Crippen LogP contribution in [0.15, 0.2) is 77.1 Å². The minimum absolute atomic E-state index is 0.0196. The van der Waals surface area contributed by atoms with Crippen LogP contribution in [0.5, 0.6) is 0 Å². The molecule has 0 radical (unpaired) electrons. The van der Waals surface area contributed by atoms with Gasteiger partial charge in [-0.05, 0) is 72.1 Å². The van der Waals surface area contributed by atoms with Crippen LogP contribution in [0.2, 0.25) is 4.34 Å². The number of hydrogen-bond donors (Lipinski definition) is 2. The van der Waals surface area contributed by atoms with Gasteiger partial charge in [-0.3, -0.25) is 19.8 Å². The summed E-state index contributed by atoms with van der Waals surface area (Å²) in [7, 11) is 0. The summed E-state index contributed by atoms with van der Waals surface area (Å²) in [5, 5.41) is 8.51. The molecule has 3 aromatic rings. The van der Waals surface area contributed by atoms with Crippen molar-refractivity contribution >= 4 is 98.0 Å². The van der Waals surface area contributed by atoms with Crippen LogP contribution in [-0.2, 0) is 38.2 Å². The fraction of sp³-hybridized carbons (Fsp3) is 0.410. The maximum Gasteiger partial charge on any atom is 0.413 e. The fourth-order valence-electron chi connectivity index (χ4n) is 5.41. The Morgan fingerprint density at radius 3 is 2.07 bits per heavy atom. The molecule has 0 spiro atoms. The lowest BCUT2D eigenvalue weighted by Crippen LogP contribution is -2.71. The Balaban J connectivity index is 1.41. The summed E-state index contributed by atoms with van der Waals surface area (Å²) in [6, 6.07) is 17.5. The number of thiazole rings is 1. The van der Waals surface area contributed by atoms with Crippen LogP contribution in [-0.4, -0.2) is 83.8 Å². The molecule has 14 nitrogen and oxygen atoms in total. The van der Waals surface area contributed by atoms with Gasteiger partial charge in [0.15, 0.2) is 16.9 Å². The molecule has 57 heavy (non-hydrogen) atoms. The van der Waals surface area contributed by atoms with Gasteiger partial charge < -0.3 is 24.4 Å². The van der Waals surface area contributed by atoms with Gasteiger partial charge in [0, 0.05) is 10.2 Å². The molecule has 1 fully saturated rings. The van der Waals surface area contributed by atoms with Gasteiger partial charge >= 0.3 is 18.0 Å². The third-order valence-electron chi connectivity index (χ3n) is 8.01. The molecular weight excluding hydrogens is 909 g/mol. The van der Waals surface area contributed by atoms with Crippen molar-refractivity contribution < 1.29 is 43.0 Å². The summed E-state index contributed by atoms with van der Waals surface area (Å²) >= 11 is 10.9. The minimum Gasteiger partial charge on any atom is -0.457 e. The largest absolute Gasteiger partial charge is 0.457 e. The Morgan fingerprint density at radius 1 is 0.947 bits per heavy atom. The van der Waals surface area contributed by atoms with E-state index in [0.717, 1.165) is 22.5 Å². The number of alkyl halides is 1. The van der Waals surface area contributed by atoms with E-state index >= 15 is 0 Å². The molecule has 18 heteroatoms. The lowest BCUT2D eigenvalue weighted by molar-refractivity contribution is -0.179. The molecule has 0 aliphatic carbocycles. The molecule has 3 amide bonds. The molecule has 2 aromatic carbocycles. The van der Waals surface area contributed by atoms with Crippen LogP contribution >= 0.6 is 57.3 Å². The molecule has 0 bridgehead atoms. The second-order valence-corrected chi connectivity index (χ2v) is 18.8. The first-order valence-electron chi connectivity index (χ1n) is 17.7. The monoisotopic (exact) mass is 951 g/mol. The molecule has 304 valence electrons. The normalized spacial score (nSPS) is 17.4. The van der Waals surface area contributed by atoms with Crippen LogP contribution in [0.1, 0.15) is 78.3 Å². The average Bonchev–Trinajstić information content (AvgIpc) is 3.49. The molecule has 3 heterocycles. The van der Waals surface area contributed by atoms with Crippen molar-refractivity contribution in [1.29, 1.82) is 0 Å². The van der Waals surface area contributed by atoms with Gasteiger partial charge in [-0.1, -0.05) is 111 Å². The van der Waals surface area contributed by atoms with Crippen LogP contribution < -0.4 is 10.6 Å². The Labute approximate surface area is 357 Å². The number of oxime groups is 1. The zero-order valence-corrected chi connectivity index (χ0v) is 37.1. The summed E-state index contributed by atoms with van der Waals surface area (Å²) in [6.45, 7) is 12.9.